The number of hydrogen-bond acceptors (Lipinski definition) is 3. The van der Waals surface area contributed by atoms with E-state index >= 15 is 0 Å². The lowest BCUT2D eigenvalue weighted by molar-refractivity contribution is -0.142. The van der Waals surface area contributed by atoms with E-state index in [1.165, 1.54) is 12.2 Å². The van der Waals surface area contributed by atoms with Gasteiger partial charge < -0.3 is 10.1 Å². The summed E-state index contributed by atoms with van der Waals surface area (Å²) < 4.78 is 4.70. The lowest BCUT2D eigenvalue weighted by Gasteiger charge is -2.10. The number of rotatable bonds is 4. The van der Waals surface area contributed by atoms with Gasteiger partial charge in [0.25, 0.3) is 5.91 Å². The van der Waals surface area contributed by atoms with Crippen LogP contribution in [-0.4, -0.2) is 18.5 Å². The Balaban J connectivity index is 2.68. The minimum atomic E-state index is -0.584. The summed E-state index contributed by atoms with van der Waals surface area (Å²) in [5.74, 6) is -1.09. The number of halogens is 2. The highest BCUT2D eigenvalue weighted by Crippen LogP contribution is 2.32. The fourth-order valence-corrected chi connectivity index (χ4v) is 1.73. The van der Waals surface area contributed by atoms with E-state index in [1.807, 2.05) is 0 Å². The van der Waals surface area contributed by atoms with Crippen molar-refractivity contribution in [2.45, 2.75) is 13.8 Å². The predicted octanol–water partition coefficient (Wildman–Crippen LogP) is 3.36. The maximum absolute atomic E-state index is 11.6. The van der Waals surface area contributed by atoms with E-state index in [9.17, 15) is 9.59 Å². The molecule has 0 bridgehead atoms. The van der Waals surface area contributed by atoms with Crippen molar-refractivity contribution in [2.75, 3.05) is 11.9 Å². The topological polar surface area (TPSA) is 55.4 Å². The first-order valence-electron chi connectivity index (χ1n) is 5.49. The second kappa shape index (κ2) is 7.16. The molecule has 102 valence electrons. The number of anilines is 1. The molecule has 1 N–H and O–H groups in total. The number of aryl methyl sites for hydroxylation is 1. The van der Waals surface area contributed by atoms with E-state index in [-0.39, 0.29) is 0 Å². The molecule has 6 heteroatoms. The molecule has 0 unspecified atom stereocenters. The van der Waals surface area contributed by atoms with Crippen molar-refractivity contribution in [2.24, 2.45) is 0 Å². The Labute approximate surface area is 121 Å². The third kappa shape index (κ3) is 4.58. The smallest absolute Gasteiger partial charge is 0.330 e. The zero-order chi connectivity index (χ0) is 14.4. The molecule has 0 heterocycles. The summed E-state index contributed by atoms with van der Waals surface area (Å²) in [4.78, 5) is 22.7. The number of esters is 1. The molecule has 0 aromatic heterocycles. The molecule has 0 radical (unpaired) electrons. The van der Waals surface area contributed by atoms with Crippen LogP contribution in [0.4, 0.5) is 5.69 Å². The first-order chi connectivity index (χ1) is 8.95. The largest absolute Gasteiger partial charge is 0.452 e. The van der Waals surface area contributed by atoms with Gasteiger partial charge in [-0.05, 0) is 25.5 Å². The Hall–Kier alpha value is -1.52. The zero-order valence-electron chi connectivity index (χ0n) is 10.5. The summed E-state index contributed by atoms with van der Waals surface area (Å²) in [5, 5.41) is 3.20. The quantitative estimate of drug-likeness (QED) is 0.685. The van der Waals surface area contributed by atoms with E-state index in [4.69, 9.17) is 27.9 Å². The zero-order valence-corrected chi connectivity index (χ0v) is 12.0. The van der Waals surface area contributed by atoms with Crippen LogP contribution in [0.5, 0.6) is 0 Å². The second-order valence-electron chi connectivity index (χ2n) is 3.71. The van der Waals surface area contributed by atoms with E-state index in [2.05, 4.69) is 5.32 Å². The number of hydrogen-bond donors (Lipinski definition) is 1. The van der Waals surface area contributed by atoms with Gasteiger partial charge in [-0.3, -0.25) is 4.79 Å². The molecular weight excluding hydrogens is 289 g/mol. The summed E-state index contributed by atoms with van der Waals surface area (Å²) in [5.41, 5.74) is 1.10. The van der Waals surface area contributed by atoms with Crippen molar-refractivity contribution in [1.29, 1.82) is 0 Å². The lowest BCUT2D eigenvalue weighted by Crippen LogP contribution is -2.20. The summed E-state index contributed by atoms with van der Waals surface area (Å²) in [7, 11) is 0. The first-order valence-corrected chi connectivity index (χ1v) is 6.25. The van der Waals surface area contributed by atoms with Gasteiger partial charge in [0.2, 0.25) is 0 Å². The van der Waals surface area contributed by atoms with Crippen molar-refractivity contribution >= 4 is 40.8 Å². The van der Waals surface area contributed by atoms with Crippen molar-refractivity contribution in [3.05, 3.63) is 39.9 Å². The Bertz CT molecular complexity index is 527. The van der Waals surface area contributed by atoms with Gasteiger partial charge in [-0.25, -0.2) is 4.79 Å². The molecule has 0 atom stereocenters. The van der Waals surface area contributed by atoms with E-state index in [0.29, 0.717) is 15.7 Å². The van der Waals surface area contributed by atoms with Crippen LogP contribution in [0.3, 0.4) is 0 Å². The number of benzene rings is 1. The van der Waals surface area contributed by atoms with Crippen molar-refractivity contribution < 1.29 is 14.3 Å². The molecule has 0 aliphatic heterocycles. The van der Waals surface area contributed by atoms with Gasteiger partial charge in [-0.15, -0.1) is 0 Å². The Morgan fingerprint density at radius 1 is 1.37 bits per heavy atom. The van der Waals surface area contributed by atoms with Crippen molar-refractivity contribution in [3.8, 4) is 0 Å². The number of carbonyl (C=O) groups is 2. The highest BCUT2D eigenvalue weighted by atomic mass is 35.5. The summed E-state index contributed by atoms with van der Waals surface area (Å²) in [6, 6.07) is 3.37. The summed E-state index contributed by atoms with van der Waals surface area (Å²) in [6.45, 7) is 3.07. The van der Waals surface area contributed by atoms with Crippen LogP contribution in [0.15, 0.2) is 24.3 Å². The Morgan fingerprint density at radius 2 is 2.05 bits per heavy atom. The molecule has 0 saturated heterocycles. The minimum Gasteiger partial charge on any atom is -0.452 e. The minimum absolute atomic E-state index is 0.315. The average molecular weight is 302 g/mol. The normalized spacial score (nSPS) is 10.5. The summed E-state index contributed by atoms with van der Waals surface area (Å²) in [6.07, 6.45) is 2.74. The van der Waals surface area contributed by atoms with Crippen LogP contribution in [0.2, 0.25) is 10.0 Å². The Kier molecular flexibility index (Phi) is 5.86. The van der Waals surface area contributed by atoms with Crippen LogP contribution in [0.1, 0.15) is 12.5 Å². The van der Waals surface area contributed by atoms with Crippen LogP contribution in [0.25, 0.3) is 0 Å². The van der Waals surface area contributed by atoms with Gasteiger partial charge in [0.05, 0.1) is 15.7 Å². The third-order valence-corrected chi connectivity index (χ3v) is 3.00. The predicted molar refractivity (Wildman–Crippen MR) is 75.6 cm³/mol. The third-order valence-electron chi connectivity index (χ3n) is 2.20. The van der Waals surface area contributed by atoms with Gasteiger partial charge in [0.15, 0.2) is 6.61 Å². The van der Waals surface area contributed by atoms with Gasteiger partial charge in [-0.2, -0.15) is 0 Å². The first kappa shape index (κ1) is 15.5. The van der Waals surface area contributed by atoms with Crippen LogP contribution in [-0.2, 0) is 14.3 Å². The molecule has 4 nitrogen and oxygen atoms in total. The fourth-order valence-electron chi connectivity index (χ4n) is 1.27. The van der Waals surface area contributed by atoms with Gasteiger partial charge in [-0.1, -0.05) is 35.3 Å². The van der Waals surface area contributed by atoms with Crippen molar-refractivity contribution in [3.63, 3.8) is 0 Å². The average Bonchev–Trinajstić information content (AvgIpc) is 2.37. The summed E-state index contributed by atoms with van der Waals surface area (Å²) >= 11 is 12.0. The maximum atomic E-state index is 11.6. The molecule has 1 rings (SSSR count). The van der Waals surface area contributed by atoms with Gasteiger partial charge in [0.1, 0.15) is 0 Å². The molecule has 1 aromatic rings. The molecule has 0 aliphatic rings. The molecule has 0 saturated carbocycles. The SMILES string of the molecule is C/C=C/C(=O)OCC(=O)Nc1c(Cl)ccc(C)c1Cl. The number of carbonyl (C=O) groups excluding carboxylic acids is 2. The Morgan fingerprint density at radius 3 is 2.68 bits per heavy atom. The maximum Gasteiger partial charge on any atom is 0.330 e. The monoisotopic (exact) mass is 301 g/mol. The van der Waals surface area contributed by atoms with E-state index in [1.54, 1.807) is 26.0 Å². The lowest BCUT2D eigenvalue weighted by atomic mass is 10.2. The van der Waals surface area contributed by atoms with Crippen LogP contribution < -0.4 is 5.32 Å². The highest BCUT2D eigenvalue weighted by molar-refractivity contribution is 6.40. The van der Waals surface area contributed by atoms with Gasteiger partial charge >= 0.3 is 5.97 Å². The standard InChI is InChI=1S/C13H13Cl2NO3/c1-3-4-11(18)19-7-10(17)16-13-9(14)6-5-8(2)12(13)15/h3-6H,7H2,1-2H3,(H,16,17)/b4-3+. The molecule has 0 spiro atoms. The van der Waals surface area contributed by atoms with E-state index in [0.717, 1.165) is 5.56 Å². The molecule has 19 heavy (non-hydrogen) atoms. The molecular formula is C13H13Cl2NO3. The molecule has 0 fully saturated rings. The molecule has 1 amide bonds. The van der Waals surface area contributed by atoms with Crippen LogP contribution >= 0.6 is 23.2 Å². The molecule has 1 aromatic carbocycles. The highest BCUT2D eigenvalue weighted by Gasteiger charge is 2.12. The van der Waals surface area contributed by atoms with E-state index < -0.39 is 18.5 Å². The number of ether oxygens (including phenoxy) is 1. The molecule has 0 aliphatic carbocycles. The van der Waals surface area contributed by atoms with Crippen LogP contribution in [0, 0.1) is 6.92 Å². The van der Waals surface area contributed by atoms with Gasteiger partial charge in [0, 0.05) is 6.08 Å². The van der Waals surface area contributed by atoms with Crippen molar-refractivity contribution in [1.82, 2.24) is 0 Å². The number of allylic oxidation sites excluding steroid dienone is 1. The number of amides is 1. The second-order valence-corrected chi connectivity index (χ2v) is 4.49. The fraction of sp³-hybridized carbons (Fsp3) is 0.231. The number of nitrogens with one attached hydrogen (secondary N) is 1.